The minimum absolute atomic E-state index is 0.0610. The molecule has 0 fully saturated rings. The molecule has 116 valence electrons. The van der Waals surface area contributed by atoms with Crippen LogP contribution >= 0.6 is 22.6 Å². The van der Waals surface area contributed by atoms with Crippen LogP contribution in [0.4, 0.5) is 5.69 Å². The molecule has 2 aromatic rings. The standard InChI is InChI=1S/C18H21IN2O/c1-13-5-4-6-16(17(13)19)18(22)20-15-9-7-14(8-10-15)11-12-21(2)3/h4-10H,11-12H2,1-3H3,(H,20,22). The van der Waals surface area contributed by atoms with Gasteiger partial charge in [0, 0.05) is 15.8 Å². The molecule has 0 aliphatic carbocycles. The molecule has 0 atom stereocenters. The van der Waals surface area contributed by atoms with Crippen LogP contribution in [0.3, 0.4) is 0 Å². The number of amides is 1. The molecule has 0 aromatic heterocycles. The quantitative estimate of drug-likeness (QED) is 0.760. The van der Waals surface area contributed by atoms with E-state index in [9.17, 15) is 4.79 Å². The number of likely N-dealkylation sites (N-methyl/N-ethyl adjacent to an activating group) is 1. The highest BCUT2D eigenvalue weighted by molar-refractivity contribution is 14.1. The van der Waals surface area contributed by atoms with Gasteiger partial charge in [0.2, 0.25) is 0 Å². The molecule has 1 amide bonds. The van der Waals surface area contributed by atoms with Gasteiger partial charge in [-0.3, -0.25) is 4.79 Å². The van der Waals surface area contributed by atoms with Crippen molar-refractivity contribution in [1.82, 2.24) is 4.90 Å². The first kappa shape index (κ1) is 17.0. The Hall–Kier alpha value is -1.40. The molecule has 0 unspecified atom stereocenters. The van der Waals surface area contributed by atoms with Crippen LogP contribution in [0, 0.1) is 10.5 Å². The normalized spacial score (nSPS) is 10.8. The maximum Gasteiger partial charge on any atom is 0.256 e. The summed E-state index contributed by atoms with van der Waals surface area (Å²) in [5.74, 6) is -0.0610. The fraction of sp³-hybridized carbons (Fsp3) is 0.278. The molecular weight excluding hydrogens is 387 g/mol. The number of aryl methyl sites for hydroxylation is 1. The number of halogens is 1. The SMILES string of the molecule is Cc1cccc(C(=O)Nc2ccc(CCN(C)C)cc2)c1I. The number of rotatable bonds is 5. The zero-order valence-electron chi connectivity index (χ0n) is 13.2. The lowest BCUT2D eigenvalue weighted by atomic mass is 10.1. The Bertz CT molecular complexity index is 651. The molecule has 0 aliphatic rings. The minimum Gasteiger partial charge on any atom is -0.322 e. The van der Waals surface area contributed by atoms with E-state index >= 15 is 0 Å². The van der Waals surface area contributed by atoms with Crippen molar-refractivity contribution in [2.45, 2.75) is 13.3 Å². The lowest BCUT2D eigenvalue weighted by Crippen LogP contribution is -2.15. The van der Waals surface area contributed by atoms with Crippen LogP contribution in [-0.4, -0.2) is 31.4 Å². The molecule has 3 nitrogen and oxygen atoms in total. The number of carbonyl (C=O) groups is 1. The van der Waals surface area contributed by atoms with Crippen molar-refractivity contribution in [3.63, 3.8) is 0 Å². The van der Waals surface area contributed by atoms with E-state index in [4.69, 9.17) is 0 Å². The maximum absolute atomic E-state index is 12.4. The Morgan fingerprint density at radius 2 is 1.82 bits per heavy atom. The third-order valence-electron chi connectivity index (χ3n) is 3.50. The molecule has 2 aromatic carbocycles. The number of hydrogen-bond donors (Lipinski definition) is 1. The second-order valence-corrected chi connectivity index (χ2v) is 6.72. The second kappa shape index (κ2) is 7.74. The zero-order chi connectivity index (χ0) is 16.1. The van der Waals surface area contributed by atoms with Gasteiger partial charge in [0.1, 0.15) is 0 Å². The fourth-order valence-corrected chi connectivity index (χ4v) is 2.73. The molecule has 0 saturated carbocycles. The van der Waals surface area contributed by atoms with Crippen molar-refractivity contribution in [2.75, 3.05) is 26.0 Å². The molecule has 1 N–H and O–H groups in total. The smallest absolute Gasteiger partial charge is 0.256 e. The van der Waals surface area contributed by atoms with Crippen LogP contribution in [0.1, 0.15) is 21.5 Å². The van der Waals surface area contributed by atoms with E-state index in [1.54, 1.807) is 0 Å². The summed E-state index contributed by atoms with van der Waals surface area (Å²) in [7, 11) is 4.14. The third-order valence-corrected chi connectivity index (χ3v) is 4.93. The summed E-state index contributed by atoms with van der Waals surface area (Å²) >= 11 is 2.22. The van der Waals surface area contributed by atoms with Gasteiger partial charge in [0.05, 0.1) is 5.56 Å². The highest BCUT2D eigenvalue weighted by Crippen LogP contribution is 2.18. The van der Waals surface area contributed by atoms with Crippen molar-refractivity contribution in [1.29, 1.82) is 0 Å². The Labute approximate surface area is 145 Å². The molecule has 0 heterocycles. The highest BCUT2D eigenvalue weighted by atomic mass is 127. The van der Waals surface area contributed by atoms with Gasteiger partial charge in [0.25, 0.3) is 5.91 Å². The average molecular weight is 408 g/mol. The van der Waals surface area contributed by atoms with Crippen LogP contribution in [0.2, 0.25) is 0 Å². The van der Waals surface area contributed by atoms with Gasteiger partial charge < -0.3 is 10.2 Å². The fourth-order valence-electron chi connectivity index (χ4n) is 2.13. The predicted molar refractivity (Wildman–Crippen MR) is 101 cm³/mol. The van der Waals surface area contributed by atoms with Crippen LogP contribution in [-0.2, 0) is 6.42 Å². The van der Waals surface area contributed by atoms with E-state index in [2.05, 4.69) is 59.0 Å². The summed E-state index contributed by atoms with van der Waals surface area (Å²) in [5.41, 5.74) is 3.94. The molecule has 2 rings (SSSR count). The van der Waals surface area contributed by atoms with E-state index in [1.165, 1.54) is 5.56 Å². The second-order valence-electron chi connectivity index (χ2n) is 5.64. The number of carbonyl (C=O) groups excluding carboxylic acids is 1. The van der Waals surface area contributed by atoms with E-state index in [1.807, 2.05) is 37.3 Å². The van der Waals surface area contributed by atoms with E-state index < -0.39 is 0 Å². The van der Waals surface area contributed by atoms with E-state index in [0.29, 0.717) is 0 Å². The number of nitrogens with one attached hydrogen (secondary N) is 1. The van der Waals surface area contributed by atoms with E-state index in [-0.39, 0.29) is 5.91 Å². The van der Waals surface area contributed by atoms with Crippen LogP contribution < -0.4 is 5.32 Å². The molecule has 0 spiro atoms. The first-order chi connectivity index (χ1) is 10.5. The maximum atomic E-state index is 12.4. The monoisotopic (exact) mass is 408 g/mol. The van der Waals surface area contributed by atoms with Crippen molar-refractivity contribution in [3.05, 3.63) is 62.7 Å². The van der Waals surface area contributed by atoms with Gasteiger partial charge in [-0.15, -0.1) is 0 Å². The summed E-state index contributed by atoms with van der Waals surface area (Å²) in [6, 6.07) is 13.8. The zero-order valence-corrected chi connectivity index (χ0v) is 15.3. The highest BCUT2D eigenvalue weighted by Gasteiger charge is 2.11. The molecule has 0 aliphatic heterocycles. The number of hydrogen-bond acceptors (Lipinski definition) is 2. The molecule has 0 radical (unpaired) electrons. The van der Waals surface area contributed by atoms with Gasteiger partial charge in [-0.25, -0.2) is 0 Å². The molecule has 22 heavy (non-hydrogen) atoms. The van der Waals surface area contributed by atoms with Gasteiger partial charge in [0.15, 0.2) is 0 Å². The summed E-state index contributed by atoms with van der Waals surface area (Å²) in [4.78, 5) is 14.5. The molecule has 0 bridgehead atoms. The van der Waals surface area contributed by atoms with Crippen molar-refractivity contribution >= 4 is 34.2 Å². The first-order valence-corrected chi connectivity index (χ1v) is 8.35. The number of anilines is 1. The summed E-state index contributed by atoms with van der Waals surface area (Å²) < 4.78 is 1.00. The van der Waals surface area contributed by atoms with Crippen molar-refractivity contribution in [2.24, 2.45) is 0 Å². The van der Waals surface area contributed by atoms with Gasteiger partial charge in [-0.1, -0.05) is 24.3 Å². The third kappa shape index (κ3) is 4.55. The summed E-state index contributed by atoms with van der Waals surface area (Å²) in [6.45, 7) is 3.03. The predicted octanol–water partition coefficient (Wildman–Crippen LogP) is 3.96. The molecular formula is C18H21IN2O. The van der Waals surface area contributed by atoms with Gasteiger partial charge in [-0.2, -0.15) is 0 Å². The van der Waals surface area contributed by atoms with Gasteiger partial charge in [-0.05, 0) is 79.4 Å². The minimum atomic E-state index is -0.0610. The van der Waals surface area contributed by atoms with Crippen LogP contribution in [0.25, 0.3) is 0 Å². The largest absolute Gasteiger partial charge is 0.322 e. The Morgan fingerprint density at radius 1 is 1.14 bits per heavy atom. The van der Waals surface area contributed by atoms with Crippen molar-refractivity contribution < 1.29 is 4.79 Å². The van der Waals surface area contributed by atoms with Crippen molar-refractivity contribution in [3.8, 4) is 0 Å². The Morgan fingerprint density at radius 3 is 2.45 bits per heavy atom. The summed E-state index contributed by atoms with van der Waals surface area (Å²) in [6.07, 6.45) is 1.01. The molecule has 0 saturated heterocycles. The van der Waals surface area contributed by atoms with Crippen LogP contribution in [0.15, 0.2) is 42.5 Å². The lowest BCUT2D eigenvalue weighted by Gasteiger charge is -2.11. The lowest BCUT2D eigenvalue weighted by molar-refractivity contribution is 0.102. The number of benzene rings is 2. The molecule has 4 heteroatoms. The Kier molecular flexibility index (Phi) is 5.97. The topological polar surface area (TPSA) is 32.3 Å². The Balaban J connectivity index is 2.04. The summed E-state index contributed by atoms with van der Waals surface area (Å²) in [5, 5.41) is 2.96. The van der Waals surface area contributed by atoms with E-state index in [0.717, 1.165) is 33.4 Å². The first-order valence-electron chi connectivity index (χ1n) is 7.27. The van der Waals surface area contributed by atoms with Gasteiger partial charge >= 0.3 is 0 Å². The number of nitrogens with zero attached hydrogens (tertiary/aromatic N) is 1. The average Bonchev–Trinajstić information content (AvgIpc) is 2.49. The van der Waals surface area contributed by atoms with Crippen LogP contribution in [0.5, 0.6) is 0 Å².